The highest BCUT2D eigenvalue weighted by atomic mass is 16.5. The molecular formula is C18H21N5O3. The molecule has 1 atom stereocenters. The average molecular weight is 355 g/mol. The molecule has 0 spiro atoms. The second-order valence-corrected chi connectivity index (χ2v) is 6.40. The van der Waals surface area contributed by atoms with Gasteiger partial charge in [-0.1, -0.05) is 23.4 Å². The van der Waals surface area contributed by atoms with Gasteiger partial charge in [0.15, 0.2) is 5.69 Å². The van der Waals surface area contributed by atoms with Crippen LogP contribution in [0.2, 0.25) is 0 Å². The lowest BCUT2D eigenvalue weighted by Crippen LogP contribution is -2.44. The molecule has 2 aromatic heterocycles. The molecule has 0 radical (unpaired) electrons. The molecule has 26 heavy (non-hydrogen) atoms. The van der Waals surface area contributed by atoms with Gasteiger partial charge in [-0.25, -0.2) is 4.68 Å². The Hall–Kier alpha value is -2.84. The highest BCUT2D eigenvalue weighted by Crippen LogP contribution is 2.21. The molecule has 3 aromatic rings. The molecule has 2 heterocycles. The first-order chi connectivity index (χ1) is 12.4. The van der Waals surface area contributed by atoms with Gasteiger partial charge in [-0.05, 0) is 26.0 Å². The summed E-state index contributed by atoms with van der Waals surface area (Å²) < 4.78 is 6.53. The van der Waals surface area contributed by atoms with Crippen molar-refractivity contribution in [3.63, 3.8) is 0 Å². The summed E-state index contributed by atoms with van der Waals surface area (Å²) in [6.07, 6.45) is 1.71. The summed E-state index contributed by atoms with van der Waals surface area (Å²) in [6.45, 7) is 3.51. The van der Waals surface area contributed by atoms with E-state index in [2.05, 4.69) is 20.6 Å². The molecule has 0 aliphatic rings. The van der Waals surface area contributed by atoms with Crippen LogP contribution in [0.15, 0.2) is 36.5 Å². The van der Waals surface area contributed by atoms with E-state index in [4.69, 9.17) is 4.74 Å². The Morgan fingerprint density at radius 1 is 1.35 bits per heavy atom. The van der Waals surface area contributed by atoms with Gasteiger partial charge in [-0.2, -0.15) is 0 Å². The third kappa shape index (κ3) is 3.56. The van der Waals surface area contributed by atoms with Gasteiger partial charge in [0.2, 0.25) is 0 Å². The number of carbonyl (C=O) groups is 1. The van der Waals surface area contributed by atoms with Gasteiger partial charge in [0, 0.05) is 25.2 Å². The summed E-state index contributed by atoms with van der Waals surface area (Å²) in [6, 6.07) is 9.57. The van der Waals surface area contributed by atoms with E-state index in [0.29, 0.717) is 5.69 Å². The number of aromatic nitrogens is 4. The second kappa shape index (κ2) is 7.19. The number of aliphatic hydroxyl groups is 1. The van der Waals surface area contributed by atoms with Crippen molar-refractivity contribution in [1.29, 1.82) is 0 Å². The maximum Gasteiger partial charge on any atom is 0.273 e. The normalized spacial score (nSPS) is 13.5. The van der Waals surface area contributed by atoms with Crippen molar-refractivity contribution < 1.29 is 14.6 Å². The second-order valence-electron chi connectivity index (χ2n) is 6.40. The van der Waals surface area contributed by atoms with Crippen LogP contribution in [0, 0.1) is 6.92 Å². The summed E-state index contributed by atoms with van der Waals surface area (Å²) in [5.41, 5.74) is 1.16. The van der Waals surface area contributed by atoms with Crippen molar-refractivity contribution in [2.75, 3.05) is 20.3 Å². The van der Waals surface area contributed by atoms with E-state index in [1.54, 1.807) is 24.7 Å². The Balaban J connectivity index is 1.87. The smallest absolute Gasteiger partial charge is 0.273 e. The predicted molar refractivity (Wildman–Crippen MR) is 96.2 cm³/mol. The molecule has 1 amide bonds. The maximum absolute atomic E-state index is 12.4. The summed E-state index contributed by atoms with van der Waals surface area (Å²) in [5.74, 6) is -0.404. The fourth-order valence-corrected chi connectivity index (χ4v) is 2.74. The minimum Gasteiger partial charge on any atom is -0.386 e. The number of rotatable bonds is 6. The van der Waals surface area contributed by atoms with Crippen LogP contribution in [-0.2, 0) is 4.74 Å². The van der Waals surface area contributed by atoms with Crippen LogP contribution in [-0.4, -0.2) is 56.9 Å². The van der Waals surface area contributed by atoms with Crippen molar-refractivity contribution in [3.8, 4) is 5.69 Å². The number of nitrogens with zero attached hydrogens (tertiary/aromatic N) is 4. The minimum absolute atomic E-state index is 0.0434. The van der Waals surface area contributed by atoms with Crippen molar-refractivity contribution in [1.82, 2.24) is 25.3 Å². The van der Waals surface area contributed by atoms with Crippen molar-refractivity contribution in [3.05, 3.63) is 47.9 Å². The zero-order chi connectivity index (χ0) is 18.7. The molecule has 0 aliphatic heterocycles. The number of nitrogens with one attached hydrogen (secondary N) is 1. The first-order valence-electron chi connectivity index (χ1n) is 8.19. The number of hydrogen-bond donors (Lipinski definition) is 2. The van der Waals surface area contributed by atoms with Gasteiger partial charge in [0.25, 0.3) is 5.91 Å². The molecule has 8 heteroatoms. The van der Waals surface area contributed by atoms with E-state index in [1.165, 1.54) is 7.11 Å². The van der Waals surface area contributed by atoms with Crippen LogP contribution in [0.25, 0.3) is 16.6 Å². The van der Waals surface area contributed by atoms with Crippen LogP contribution < -0.4 is 5.32 Å². The molecule has 0 saturated carbocycles. The lowest BCUT2D eigenvalue weighted by atomic mass is 10.1. The molecule has 0 aliphatic carbocycles. The van der Waals surface area contributed by atoms with Crippen LogP contribution in [0.4, 0.5) is 0 Å². The zero-order valence-electron chi connectivity index (χ0n) is 14.9. The minimum atomic E-state index is -1.16. The van der Waals surface area contributed by atoms with Crippen LogP contribution in [0.1, 0.15) is 23.1 Å². The highest BCUT2D eigenvalue weighted by Gasteiger charge is 2.24. The van der Waals surface area contributed by atoms with Crippen molar-refractivity contribution >= 4 is 16.8 Å². The Bertz CT molecular complexity index is 930. The van der Waals surface area contributed by atoms with E-state index >= 15 is 0 Å². The Morgan fingerprint density at radius 3 is 2.88 bits per heavy atom. The van der Waals surface area contributed by atoms with Gasteiger partial charge in [0.1, 0.15) is 5.60 Å². The molecule has 2 N–H and O–H groups in total. The van der Waals surface area contributed by atoms with E-state index in [9.17, 15) is 9.90 Å². The zero-order valence-corrected chi connectivity index (χ0v) is 14.9. The number of methoxy groups -OCH3 is 1. The fraction of sp³-hybridized carbons (Fsp3) is 0.333. The maximum atomic E-state index is 12.4. The van der Waals surface area contributed by atoms with Crippen LogP contribution in [0.3, 0.4) is 0 Å². The summed E-state index contributed by atoms with van der Waals surface area (Å²) in [5, 5.41) is 21.9. The number of fused-ring (bicyclic) bond motifs is 1. The van der Waals surface area contributed by atoms with Gasteiger partial charge in [0.05, 0.1) is 23.5 Å². The van der Waals surface area contributed by atoms with Crippen molar-refractivity contribution in [2.24, 2.45) is 0 Å². The van der Waals surface area contributed by atoms with E-state index in [0.717, 1.165) is 16.6 Å². The van der Waals surface area contributed by atoms with Gasteiger partial charge >= 0.3 is 0 Å². The molecule has 1 aromatic carbocycles. The number of hydrogen-bond acceptors (Lipinski definition) is 6. The van der Waals surface area contributed by atoms with E-state index in [1.807, 2.05) is 30.3 Å². The monoisotopic (exact) mass is 355 g/mol. The van der Waals surface area contributed by atoms with E-state index in [-0.39, 0.29) is 18.8 Å². The molecule has 8 nitrogen and oxygen atoms in total. The molecule has 0 unspecified atom stereocenters. The third-order valence-electron chi connectivity index (χ3n) is 4.03. The van der Waals surface area contributed by atoms with Crippen LogP contribution in [0.5, 0.6) is 0 Å². The van der Waals surface area contributed by atoms with Crippen molar-refractivity contribution in [2.45, 2.75) is 19.4 Å². The summed E-state index contributed by atoms with van der Waals surface area (Å²) in [4.78, 5) is 16.8. The molecule has 0 bridgehead atoms. The highest BCUT2D eigenvalue weighted by molar-refractivity contribution is 5.93. The Morgan fingerprint density at radius 2 is 2.12 bits per heavy atom. The summed E-state index contributed by atoms with van der Waals surface area (Å²) in [7, 11) is 1.49. The van der Waals surface area contributed by atoms with Gasteiger partial charge in [-0.3, -0.25) is 9.78 Å². The molecule has 0 saturated heterocycles. The SMILES string of the molecule is COC[C@](C)(O)CNC(=O)c1nnn(-c2cccc3cccnc23)c1C. The largest absolute Gasteiger partial charge is 0.386 e. The number of pyridine rings is 1. The quantitative estimate of drug-likeness (QED) is 0.690. The first-order valence-corrected chi connectivity index (χ1v) is 8.19. The van der Waals surface area contributed by atoms with Crippen LogP contribution >= 0.6 is 0 Å². The standard InChI is InChI=1S/C18H21N5O3/c1-12-15(17(24)20-10-18(2,25)11-26-3)21-22-23(12)14-8-4-6-13-7-5-9-19-16(13)14/h4-9,25H,10-11H2,1-3H3,(H,20,24)/t18-/m1/s1. The topological polar surface area (TPSA) is 102 Å². The number of ether oxygens (including phenoxy) is 1. The number of para-hydroxylation sites is 1. The Kier molecular flexibility index (Phi) is 4.97. The first kappa shape index (κ1) is 18.0. The molecular weight excluding hydrogens is 334 g/mol. The molecule has 3 rings (SSSR count). The van der Waals surface area contributed by atoms with E-state index < -0.39 is 11.5 Å². The lowest BCUT2D eigenvalue weighted by molar-refractivity contribution is -0.0147. The fourth-order valence-electron chi connectivity index (χ4n) is 2.74. The number of benzene rings is 1. The summed E-state index contributed by atoms with van der Waals surface area (Å²) >= 11 is 0. The average Bonchev–Trinajstić information content (AvgIpc) is 3.00. The number of carbonyl (C=O) groups excluding carboxylic acids is 1. The lowest BCUT2D eigenvalue weighted by Gasteiger charge is -2.22. The van der Waals surface area contributed by atoms with Gasteiger partial charge in [-0.15, -0.1) is 5.10 Å². The Labute approximate surface area is 150 Å². The molecule has 0 fully saturated rings. The van der Waals surface area contributed by atoms with Gasteiger partial charge < -0.3 is 15.2 Å². The molecule has 136 valence electrons. The number of amides is 1. The predicted octanol–water partition coefficient (Wildman–Crippen LogP) is 1.25. The third-order valence-corrected chi connectivity index (χ3v) is 4.03.